The van der Waals surface area contributed by atoms with Gasteiger partial charge in [-0.25, -0.2) is 4.39 Å². The summed E-state index contributed by atoms with van der Waals surface area (Å²) in [7, 11) is 1.45. The number of nitrogen functional groups attached to an aromatic ring is 1. The zero-order valence-corrected chi connectivity index (χ0v) is 10.3. The first kappa shape index (κ1) is 12.9. The van der Waals surface area contributed by atoms with Crippen molar-refractivity contribution in [2.45, 2.75) is 0 Å². The molecule has 4 nitrogen and oxygen atoms in total. The number of carbonyl (C=O) groups is 1. The van der Waals surface area contributed by atoms with Crippen LogP contribution in [0.4, 0.5) is 15.8 Å². The van der Waals surface area contributed by atoms with Crippen LogP contribution in [0.5, 0.6) is 5.75 Å². The van der Waals surface area contributed by atoms with Crippen LogP contribution < -0.4 is 10.6 Å². The summed E-state index contributed by atoms with van der Waals surface area (Å²) < 4.78 is 13.6. The highest BCUT2D eigenvalue weighted by Gasteiger charge is 2.18. The van der Waals surface area contributed by atoms with Crippen molar-refractivity contribution in [3.8, 4) is 5.75 Å². The summed E-state index contributed by atoms with van der Waals surface area (Å²) >= 11 is 0. The number of rotatable bonds is 2. The van der Waals surface area contributed by atoms with E-state index in [4.69, 9.17) is 5.73 Å². The Labute approximate surface area is 109 Å². The molecule has 5 heteroatoms. The zero-order valence-electron chi connectivity index (χ0n) is 10.3. The average molecular weight is 260 g/mol. The van der Waals surface area contributed by atoms with Crippen molar-refractivity contribution in [3.05, 3.63) is 53.8 Å². The molecule has 3 N–H and O–H groups in total. The van der Waals surface area contributed by atoms with Gasteiger partial charge in [0, 0.05) is 12.7 Å². The van der Waals surface area contributed by atoms with Gasteiger partial charge in [0.15, 0.2) is 0 Å². The fourth-order valence-electron chi connectivity index (χ4n) is 1.74. The van der Waals surface area contributed by atoms with E-state index in [0.29, 0.717) is 0 Å². The number of hydrogen-bond acceptors (Lipinski definition) is 3. The van der Waals surface area contributed by atoms with Crippen molar-refractivity contribution in [2.75, 3.05) is 17.7 Å². The van der Waals surface area contributed by atoms with Crippen molar-refractivity contribution in [1.29, 1.82) is 0 Å². The quantitative estimate of drug-likeness (QED) is 0.643. The second-order valence-corrected chi connectivity index (χ2v) is 4.09. The smallest absolute Gasteiger partial charge is 0.260 e. The van der Waals surface area contributed by atoms with Gasteiger partial charge in [-0.2, -0.15) is 0 Å². The van der Waals surface area contributed by atoms with Gasteiger partial charge in [0.1, 0.15) is 11.6 Å². The third-order valence-corrected chi connectivity index (χ3v) is 2.79. The molecule has 19 heavy (non-hydrogen) atoms. The van der Waals surface area contributed by atoms with Gasteiger partial charge in [0.2, 0.25) is 0 Å². The van der Waals surface area contributed by atoms with Crippen molar-refractivity contribution in [1.82, 2.24) is 0 Å². The summed E-state index contributed by atoms with van der Waals surface area (Å²) in [6, 6.07) is 10.0. The molecule has 1 amide bonds. The molecular weight excluding hydrogens is 247 g/mol. The van der Waals surface area contributed by atoms with E-state index in [0.717, 1.165) is 4.90 Å². The number of carbonyl (C=O) groups excluding carboxylic acids is 1. The zero-order chi connectivity index (χ0) is 14.0. The van der Waals surface area contributed by atoms with E-state index < -0.39 is 11.7 Å². The second-order valence-electron chi connectivity index (χ2n) is 4.09. The maximum atomic E-state index is 13.6. The third-order valence-electron chi connectivity index (χ3n) is 2.79. The summed E-state index contributed by atoms with van der Waals surface area (Å²) in [5.74, 6) is -1.06. The first-order valence-corrected chi connectivity index (χ1v) is 5.62. The predicted octanol–water partition coefficient (Wildman–Crippen LogP) is 2.39. The van der Waals surface area contributed by atoms with Gasteiger partial charge < -0.3 is 15.7 Å². The van der Waals surface area contributed by atoms with Crippen molar-refractivity contribution in [3.63, 3.8) is 0 Å². The monoisotopic (exact) mass is 260 g/mol. The van der Waals surface area contributed by atoms with Gasteiger partial charge in [-0.15, -0.1) is 0 Å². The van der Waals surface area contributed by atoms with E-state index in [-0.39, 0.29) is 22.7 Å². The molecule has 0 aliphatic carbocycles. The SMILES string of the molecule is CN(C(=O)c1cc(O)ccc1N)c1ccccc1F. The highest BCUT2D eigenvalue weighted by atomic mass is 19.1. The second kappa shape index (κ2) is 4.97. The summed E-state index contributed by atoms with van der Waals surface area (Å²) in [4.78, 5) is 13.4. The Hall–Kier alpha value is -2.56. The first-order valence-electron chi connectivity index (χ1n) is 5.62. The van der Waals surface area contributed by atoms with Crippen LogP contribution in [0.25, 0.3) is 0 Å². The van der Waals surface area contributed by atoms with Crippen molar-refractivity contribution < 1.29 is 14.3 Å². The highest BCUT2D eigenvalue weighted by Crippen LogP contribution is 2.24. The number of phenolic OH excluding ortho intramolecular Hbond substituents is 1. The predicted molar refractivity (Wildman–Crippen MR) is 71.7 cm³/mol. The van der Waals surface area contributed by atoms with E-state index in [1.54, 1.807) is 12.1 Å². The Morgan fingerprint density at radius 2 is 1.95 bits per heavy atom. The molecule has 0 radical (unpaired) electrons. The maximum Gasteiger partial charge on any atom is 0.260 e. The fourth-order valence-corrected chi connectivity index (χ4v) is 1.74. The number of halogens is 1. The van der Waals surface area contributed by atoms with E-state index >= 15 is 0 Å². The first-order chi connectivity index (χ1) is 9.00. The Kier molecular flexibility index (Phi) is 3.37. The number of aromatic hydroxyl groups is 1. The molecule has 0 aliphatic rings. The van der Waals surface area contributed by atoms with Gasteiger partial charge in [-0.05, 0) is 30.3 Å². The lowest BCUT2D eigenvalue weighted by Crippen LogP contribution is -2.27. The lowest BCUT2D eigenvalue weighted by atomic mass is 10.1. The number of nitrogens with zero attached hydrogens (tertiary/aromatic N) is 1. The van der Waals surface area contributed by atoms with Gasteiger partial charge in [0.25, 0.3) is 5.91 Å². The Bertz CT molecular complexity index is 629. The minimum absolute atomic E-state index is 0.0699. The van der Waals surface area contributed by atoms with Crippen LogP contribution in [-0.2, 0) is 0 Å². The van der Waals surface area contributed by atoms with E-state index in [1.165, 1.54) is 37.4 Å². The number of hydrogen-bond donors (Lipinski definition) is 2. The minimum Gasteiger partial charge on any atom is -0.508 e. The topological polar surface area (TPSA) is 66.6 Å². The molecule has 0 aliphatic heterocycles. The average Bonchev–Trinajstić information content (AvgIpc) is 2.40. The van der Waals surface area contributed by atoms with Crippen LogP contribution >= 0.6 is 0 Å². The van der Waals surface area contributed by atoms with E-state index in [1.807, 2.05) is 0 Å². The van der Waals surface area contributed by atoms with E-state index in [9.17, 15) is 14.3 Å². The number of para-hydroxylation sites is 1. The van der Waals surface area contributed by atoms with Crippen LogP contribution in [-0.4, -0.2) is 18.1 Å². The Morgan fingerprint density at radius 1 is 1.26 bits per heavy atom. The molecule has 2 aromatic rings. The molecular formula is C14H13FN2O2. The van der Waals surface area contributed by atoms with Crippen LogP contribution in [0.2, 0.25) is 0 Å². The molecule has 0 fully saturated rings. The molecule has 0 saturated carbocycles. The minimum atomic E-state index is -0.503. The van der Waals surface area contributed by atoms with Crippen LogP contribution in [0.1, 0.15) is 10.4 Å². The number of phenols is 1. The highest BCUT2D eigenvalue weighted by molar-refractivity contribution is 6.09. The number of nitrogens with two attached hydrogens (primary N) is 1. The van der Waals surface area contributed by atoms with E-state index in [2.05, 4.69) is 0 Å². The number of amides is 1. The molecule has 0 saturated heterocycles. The van der Waals surface area contributed by atoms with Crippen LogP contribution in [0, 0.1) is 5.82 Å². The molecule has 0 heterocycles. The van der Waals surface area contributed by atoms with Gasteiger partial charge in [0.05, 0.1) is 11.3 Å². The van der Waals surface area contributed by atoms with Crippen LogP contribution in [0.3, 0.4) is 0 Å². The molecule has 2 aromatic carbocycles. The summed E-state index contributed by atoms with van der Waals surface area (Å²) in [6.07, 6.45) is 0. The molecule has 0 aromatic heterocycles. The normalized spacial score (nSPS) is 10.2. The standard InChI is InChI=1S/C14H13FN2O2/c1-17(13-5-3-2-4-11(13)15)14(19)10-8-9(18)6-7-12(10)16/h2-8,18H,16H2,1H3. The molecule has 0 spiro atoms. The lowest BCUT2D eigenvalue weighted by molar-refractivity contribution is 0.0992. The molecule has 0 atom stereocenters. The van der Waals surface area contributed by atoms with Gasteiger partial charge in [-0.3, -0.25) is 4.79 Å². The van der Waals surface area contributed by atoms with Crippen molar-refractivity contribution >= 4 is 17.3 Å². The lowest BCUT2D eigenvalue weighted by Gasteiger charge is -2.19. The largest absolute Gasteiger partial charge is 0.508 e. The number of benzene rings is 2. The van der Waals surface area contributed by atoms with Gasteiger partial charge >= 0.3 is 0 Å². The Balaban J connectivity index is 2.39. The maximum absolute atomic E-state index is 13.6. The molecule has 2 rings (SSSR count). The third kappa shape index (κ3) is 2.49. The number of anilines is 2. The van der Waals surface area contributed by atoms with Gasteiger partial charge in [-0.1, -0.05) is 12.1 Å². The summed E-state index contributed by atoms with van der Waals surface area (Å²) in [6.45, 7) is 0. The summed E-state index contributed by atoms with van der Waals surface area (Å²) in [5, 5.41) is 9.39. The molecule has 0 unspecified atom stereocenters. The Morgan fingerprint density at radius 3 is 2.63 bits per heavy atom. The van der Waals surface area contributed by atoms with Crippen molar-refractivity contribution in [2.24, 2.45) is 0 Å². The fraction of sp³-hybridized carbons (Fsp3) is 0.0714. The molecule has 0 bridgehead atoms. The van der Waals surface area contributed by atoms with Crippen LogP contribution in [0.15, 0.2) is 42.5 Å². The summed E-state index contributed by atoms with van der Waals surface area (Å²) in [5.41, 5.74) is 6.20. The molecule has 98 valence electrons.